The van der Waals surface area contributed by atoms with E-state index in [1.54, 1.807) is 0 Å². The van der Waals surface area contributed by atoms with E-state index in [-0.39, 0.29) is 16.9 Å². The number of nitrogens with one attached hydrogen (secondary N) is 1. The Morgan fingerprint density at radius 3 is 2.50 bits per heavy atom. The second-order valence-corrected chi connectivity index (χ2v) is 4.64. The van der Waals surface area contributed by atoms with Gasteiger partial charge in [-0.15, -0.1) is 0 Å². The number of aromatic nitrogens is 2. The molecule has 0 spiro atoms. The number of halogens is 1. The van der Waals surface area contributed by atoms with E-state index in [2.05, 4.69) is 9.97 Å². The summed E-state index contributed by atoms with van der Waals surface area (Å²) in [5, 5.41) is 9.22. The maximum absolute atomic E-state index is 11.0. The molecule has 1 fully saturated rings. The molecule has 1 aromatic heterocycles. The predicted molar refractivity (Wildman–Crippen MR) is 61.0 cm³/mol. The standard InChI is InChI=1S/C11H15ClN2O2/c12-11-13-8(9(14-11)10(15)16)7-5-3-1-2-4-6-7/h7H,1-6H2,(H,13,14)(H,15,16). The van der Waals surface area contributed by atoms with E-state index in [9.17, 15) is 4.79 Å². The molecule has 1 aromatic rings. The quantitative estimate of drug-likeness (QED) is 0.783. The second-order valence-electron chi connectivity index (χ2n) is 4.28. The lowest BCUT2D eigenvalue weighted by molar-refractivity contribution is 0.0689. The Morgan fingerprint density at radius 2 is 1.94 bits per heavy atom. The summed E-state index contributed by atoms with van der Waals surface area (Å²) in [6, 6.07) is 0. The second kappa shape index (κ2) is 4.87. The Morgan fingerprint density at radius 1 is 1.31 bits per heavy atom. The Hall–Kier alpha value is -1.03. The molecule has 88 valence electrons. The predicted octanol–water partition coefficient (Wildman–Crippen LogP) is 3.20. The number of hydrogen-bond acceptors (Lipinski definition) is 2. The van der Waals surface area contributed by atoms with Crippen LogP contribution in [0.1, 0.15) is 60.6 Å². The molecule has 5 heteroatoms. The number of imidazole rings is 1. The molecule has 1 saturated carbocycles. The van der Waals surface area contributed by atoms with Crippen molar-refractivity contribution >= 4 is 17.6 Å². The number of nitrogens with zero attached hydrogens (tertiary/aromatic N) is 1. The third-order valence-electron chi connectivity index (χ3n) is 3.17. The van der Waals surface area contributed by atoms with Crippen molar-refractivity contribution in [2.45, 2.75) is 44.4 Å². The molecule has 2 N–H and O–H groups in total. The summed E-state index contributed by atoms with van der Waals surface area (Å²) in [5.41, 5.74) is 0.802. The molecular weight excluding hydrogens is 228 g/mol. The van der Waals surface area contributed by atoms with Gasteiger partial charge in [-0.3, -0.25) is 0 Å². The number of carboxylic acids is 1. The van der Waals surface area contributed by atoms with Gasteiger partial charge in [0, 0.05) is 5.92 Å². The smallest absolute Gasteiger partial charge is 0.356 e. The van der Waals surface area contributed by atoms with Gasteiger partial charge in [0.05, 0.1) is 5.69 Å². The molecular formula is C11H15ClN2O2. The van der Waals surface area contributed by atoms with E-state index in [1.165, 1.54) is 12.8 Å². The van der Waals surface area contributed by atoms with Gasteiger partial charge in [-0.2, -0.15) is 0 Å². The average molecular weight is 243 g/mol. The Labute approximate surface area is 99.0 Å². The van der Waals surface area contributed by atoms with Crippen molar-refractivity contribution in [1.82, 2.24) is 9.97 Å². The van der Waals surface area contributed by atoms with Crippen LogP contribution in [0.15, 0.2) is 0 Å². The van der Waals surface area contributed by atoms with Crippen molar-refractivity contribution in [1.29, 1.82) is 0 Å². The van der Waals surface area contributed by atoms with Crippen molar-refractivity contribution in [3.63, 3.8) is 0 Å². The highest BCUT2D eigenvalue weighted by atomic mass is 35.5. The summed E-state index contributed by atoms with van der Waals surface area (Å²) in [6.45, 7) is 0. The van der Waals surface area contributed by atoms with Crippen LogP contribution < -0.4 is 0 Å². The number of carboxylic acid groups (broad SMARTS) is 1. The lowest BCUT2D eigenvalue weighted by atomic mass is 9.95. The highest BCUT2D eigenvalue weighted by molar-refractivity contribution is 6.28. The minimum atomic E-state index is -0.998. The van der Waals surface area contributed by atoms with Crippen LogP contribution in [0.4, 0.5) is 0 Å². The van der Waals surface area contributed by atoms with Gasteiger partial charge in [0.15, 0.2) is 5.69 Å². The summed E-state index contributed by atoms with van der Waals surface area (Å²) < 4.78 is 0. The summed E-state index contributed by atoms with van der Waals surface area (Å²) >= 11 is 5.74. The molecule has 0 saturated heterocycles. The van der Waals surface area contributed by atoms with Gasteiger partial charge in [-0.25, -0.2) is 9.78 Å². The lowest BCUT2D eigenvalue weighted by Gasteiger charge is -2.12. The molecule has 0 unspecified atom stereocenters. The molecule has 0 radical (unpaired) electrons. The molecule has 1 aliphatic carbocycles. The normalized spacial score (nSPS) is 18.3. The van der Waals surface area contributed by atoms with Crippen LogP contribution in [0.2, 0.25) is 5.28 Å². The maximum atomic E-state index is 11.0. The first kappa shape index (κ1) is 11.5. The summed E-state index contributed by atoms with van der Waals surface area (Å²) in [7, 11) is 0. The van der Waals surface area contributed by atoms with Crippen molar-refractivity contribution in [3.05, 3.63) is 16.7 Å². The number of rotatable bonds is 2. The SMILES string of the molecule is O=C(O)c1nc(Cl)[nH]c1C1CCCCCC1. The fourth-order valence-corrected chi connectivity index (χ4v) is 2.57. The highest BCUT2D eigenvalue weighted by Gasteiger charge is 2.24. The molecule has 4 nitrogen and oxygen atoms in total. The van der Waals surface area contributed by atoms with Crippen molar-refractivity contribution < 1.29 is 9.90 Å². The summed E-state index contributed by atoms with van der Waals surface area (Å²) in [4.78, 5) is 17.7. The van der Waals surface area contributed by atoms with Crippen molar-refractivity contribution in [2.24, 2.45) is 0 Å². The minimum absolute atomic E-state index is 0.0944. The molecule has 0 aliphatic heterocycles. The van der Waals surface area contributed by atoms with Crippen LogP contribution in [0, 0.1) is 0 Å². The fourth-order valence-electron chi connectivity index (χ4n) is 2.38. The maximum Gasteiger partial charge on any atom is 0.356 e. The monoisotopic (exact) mass is 242 g/mol. The average Bonchev–Trinajstić information content (AvgIpc) is 2.49. The summed E-state index contributed by atoms with van der Waals surface area (Å²) in [5.74, 6) is -0.726. The molecule has 0 aromatic carbocycles. The molecule has 1 heterocycles. The van der Waals surface area contributed by atoms with E-state index >= 15 is 0 Å². The van der Waals surface area contributed by atoms with E-state index < -0.39 is 5.97 Å². The Kier molecular flexibility index (Phi) is 3.49. The molecule has 0 amide bonds. The van der Waals surface area contributed by atoms with E-state index in [1.807, 2.05) is 0 Å². The minimum Gasteiger partial charge on any atom is -0.476 e. The van der Waals surface area contributed by atoms with E-state index in [4.69, 9.17) is 16.7 Å². The van der Waals surface area contributed by atoms with Crippen molar-refractivity contribution in [2.75, 3.05) is 0 Å². The highest BCUT2D eigenvalue weighted by Crippen LogP contribution is 2.32. The van der Waals surface area contributed by atoms with Crippen LogP contribution >= 0.6 is 11.6 Å². The number of hydrogen-bond donors (Lipinski definition) is 2. The first-order valence-electron chi connectivity index (χ1n) is 5.67. The Bertz CT molecular complexity index is 381. The lowest BCUT2D eigenvalue weighted by Crippen LogP contribution is -2.07. The Balaban J connectivity index is 2.26. The van der Waals surface area contributed by atoms with Crippen LogP contribution in [0.3, 0.4) is 0 Å². The first-order chi connectivity index (χ1) is 7.68. The number of aromatic carboxylic acids is 1. The summed E-state index contributed by atoms with van der Waals surface area (Å²) in [6.07, 6.45) is 6.83. The van der Waals surface area contributed by atoms with Gasteiger partial charge in [0.25, 0.3) is 0 Å². The van der Waals surface area contributed by atoms with Gasteiger partial charge in [-0.1, -0.05) is 25.7 Å². The zero-order valence-corrected chi connectivity index (χ0v) is 9.76. The van der Waals surface area contributed by atoms with Crippen LogP contribution in [0.5, 0.6) is 0 Å². The largest absolute Gasteiger partial charge is 0.476 e. The number of H-pyrrole nitrogens is 1. The van der Waals surface area contributed by atoms with E-state index in [0.717, 1.165) is 25.7 Å². The third-order valence-corrected chi connectivity index (χ3v) is 3.35. The van der Waals surface area contributed by atoms with Crippen molar-refractivity contribution in [3.8, 4) is 0 Å². The molecule has 0 bridgehead atoms. The van der Waals surface area contributed by atoms with Gasteiger partial charge < -0.3 is 10.1 Å². The van der Waals surface area contributed by atoms with Gasteiger partial charge >= 0.3 is 5.97 Å². The van der Waals surface area contributed by atoms with Gasteiger partial charge in [0.2, 0.25) is 5.28 Å². The third kappa shape index (κ3) is 2.38. The first-order valence-corrected chi connectivity index (χ1v) is 6.05. The van der Waals surface area contributed by atoms with Gasteiger partial charge in [0.1, 0.15) is 0 Å². The van der Waals surface area contributed by atoms with Crippen LogP contribution in [-0.4, -0.2) is 21.0 Å². The zero-order chi connectivity index (χ0) is 11.5. The zero-order valence-electron chi connectivity index (χ0n) is 9.00. The number of carbonyl (C=O) groups is 1. The fraction of sp³-hybridized carbons (Fsp3) is 0.636. The molecule has 0 atom stereocenters. The number of aromatic amines is 1. The molecule has 2 rings (SSSR count). The van der Waals surface area contributed by atoms with Crippen LogP contribution in [0.25, 0.3) is 0 Å². The van der Waals surface area contributed by atoms with Gasteiger partial charge in [-0.05, 0) is 24.4 Å². The van der Waals surface area contributed by atoms with Crippen LogP contribution in [-0.2, 0) is 0 Å². The molecule has 1 aliphatic rings. The molecule has 16 heavy (non-hydrogen) atoms. The van der Waals surface area contributed by atoms with E-state index in [0.29, 0.717) is 5.69 Å². The topological polar surface area (TPSA) is 66.0 Å².